The van der Waals surface area contributed by atoms with Gasteiger partial charge in [-0.3, -0.25) is 14.4 Å². The van der Waals surface area contributed by atoms with E-state index in [-0.39, 0.29) is 25.9 Å². The largest absolute Gasteiger partial charge is 0.479 e. The molecule has 6 unspecified atom stereocenters. The fourth-order valence-corrected chi connectivity index (χ4v) is 9.03. The lowest BCUT2D eigenvalue weighted by molar-refractivity contribution is -0.301. The molecule has 0 amide bonds. The highest BCUT2D eigenvalue weighted by atomic mass is 16.7. The van der Waals surface area contributed by atoms with E-state index in [4.69, 9.17) is 23.7 Å². The van der Waals surface area contributed by atoms with Crippen LogP contribution in [0.15, 0.2) is 36.5 Å². The van der Waals surface area contributed by atoms with Crippen molar-refractivity contribution < 1.29 is 58.2 Å². The maximum atomic E-state index is 13.1. The van der Waals surface area contributed by atoms with Crippen LogP contribution in [0.25, 0.3) is 0 Å². The Hall–Kier alpha value is -3.06. The van der Waals surface area contributed by atoms with Gasteiger partial charge in [-0.2, -0.15) is 0 Å². The number of carboxylic acid groups (broad SMARTS) is 1. The molecule has 3 N–H and O–H groups in total. The van der Waals surface area contributed by atoms with Crippen molar-refractivity contribution in [1.29, 1.82) is 0 Å². The summed E-state index contributed by atoms with van der Waals surface area (Å²) in [5.41, 5.74) is 0. The van der Waals surface area contributed by atoms with Crippen molar-refractivity contribution in [1.82, 2.24) is 0 Å². The molecular formula is C61H108O12. The van der Waals surface area contributed by atoms with Crippen molar-refractivity contribution in [2.75, 3.05) is 13.2 Å². The summed E-state index contributed by atoms with van der Waals surface area (Å²) < 4.78 is 28.4. The summed E-state index contributed by atoms with van der Waals surface area (Å²) in [6, 6.07) is 0. The minimum atomic E-state index is -1.90. The SMILES string of the molecule is CCCC/C=C\CCCCCCCC(=O)OC(COC(=O)CCCCCCCCCCC/C=C\C/C=C\CCCCC)COC1OC(C(=O)O)C(O)C(O)C1OC(=O)CCCCCCCCCCCCCCC. The monoisotopic (exact) mass is 1030 g/mol. The van der Waals surface area contributed by atoms with E-state index in [9.17, 15) is 34.5 Å². The van der Waals surface area contributed by atoms with Gasteiger partial charge in [0.1, 0.15) is 18.8 Å². The first kappa shape index (κ1) is 68.0. The number of aliphatic hydroxyl groups excluding tert-OH is 2. The summed E-state index contributed by atoms with van der Waals surface area (Å²) in [6.45, 7) is 5.93. The van der Waals surface area contributed by atoms with Gasteiger partial charge < -0.3 is 39.0 Å². The topological polar surface area (TPSA) is 175 Å². The molecule has 0 saturated carbocycles. The highest BCUT2D eigenvalue weighted by Crippen LogP contribution is 2.26. The number of unbranched alkanes of at least 4 members (excludes halogenated alkanes) is 31. The molecule has 0 aromatic heterocycles. The molecule has 424 valence electrons. The lowest BCUT2D eigenvalue weighted by atomic mass is 9.98. The van der Waals surface area contributed by atoms with Crippen molar-refractivity contribution in [2.24, 2.45) is 0 Å². The molecule has 0 aromatic rings. The molecule has 1 heterocycles. The summed E-state index contributed by atoms with van der Waals surface area (Å²) in [5, 5.41) is 31.4. The van der Waals surface area contributed by atoms with E-state index < -0.39 is 67.3 Å². The summed E-state index contributed by atoms with van der Waals surface area (Å²) >= 11 is 0. The highest BCUT2D eigenvalue weighted by molar-refractivity contribution is 5.74. The molecule has 1 saturated heterocycles. The van der Waals surface area contributed by atoms with Gasteiger partial charge in [0.15, 0.2) is 24.6 Å². The minimum absolute atomic E-state index is 0.0642. The van der Waals surface area contributed by atoms with Gasteiger partial charge in [-0.05, 0) is 70.6 Å². The average Bonchev–Trinajstić information content (AvgIpc) is 3.37. The normalized spacial score (nSPS) is 18.5. The van der Waals surface area contributed by atoms with Gasteiger partial charge >= 0.3 is 23.9 Å². The minimum Gasteiger partial charge on any atom is -0.479 e. The van der Waals surface area contributed by atoms with Crippen LogP contribution in [0, 0.1) is 0 Å². The maximum absolute atomic E-state index is 13.1. The number of rotatable bonds is 51. The molecule has 12 heteroatoms. The quantitative estimate of drug-likeness (QED) is 0.0228. The smallest absolute Gasteiger partial charge is 0.335 e. The van der Waals surface area contributed by atoms with Crippen LogP contribution < -0.4 is 0 Å². The fourth-order valence-electron chi connectivity index (χ4n) is 9.03. The van der Waals surface area contributed by atoms with Gasteiger partial charge in [0, 0.05) is 19.3 Å². The summed E-state index contributed by atoms with van der Waals surface area (Å²) in [7, 11) is 0. The molecule has 1 rings (SSSR count). The third kappa shape index (κ3) is 39.9. The molecule has 1 fully saturated rings. The second-order valence-electron chi connectivity index (χ2n) is 20.6. The van der Waals surface area contributed by atoms with Crippen molar-refractivity contribution in [2.45, 2.75) is 314 Å². The first-order chi connectivity index (χ1) is 35.6. The Balaban J connectivity index is 2.64. The van der Waals surface area contributed by atoms with Gasteiger partial charge in [-0.25, -0.2) is 4.79 Å². The van der Waals surface area contributed by atoms with Crippen LogP contribution in [0.2, 0.25) is 0 Å². The van der Waals surface area contributed by atoms with Crippen LogP contribution in [0.4, 0.5) is 0 Å². The first-order valence-corrected chi connectivity index (χ1v) is 30.0. The molecule has 0 aliphatic carbocycles. The summed E-state index contributed by atoms with van der Waals surface area (Å²) in [6.07, 6.45) is 45.5. The molecular weight excluding hydrogens is 925 g/mol. The predicted octanol–water partition coefficient (Wildman–Crippen LogP) is 15.2. The zero-order chi connectivity index (χ0) is 53.3. The van der Waals surface area contributed by atoms with E-state index in [0.717, 1.165) is 96.3 Å². The molecule has 1 aliphatic rings. The standard InChI is InChI=1S/C61H108O12/c1-4-7-10-13-16-19-22-24-25-26-27-28-29-31-33-35-38-41-44-47-53(62)69-50-52(71-54(63)48-45-42-39-36-32-21-18-15-12-9-6-3)51-70-61-59(57(66)56(65)58(73-61)60(67)68)72-55(64)49-46-43-40-37-34-30-23-20-17-14-11-8-5-2/h15-16,18-19,24-25,52,56-59,61,65-66H,4-14,17,20-23,26-51H2,1-3H3,(H,67,68)/b18-15-,19-16-,25-24-. The first-order valence-electron chi connectivity index (χ1n) is 30.0. The Morgan fingerprint density at radius 3 is 1.32 bits per heavy atom. The molecule has 0 radical (unpaired) electrons. The van der Waals surface area contributed by atoms with Crippen molar-refractivity contribution in [3.8, 4) is 0 Å². The van der Waals surface area contributed by atoms with Crippen LogP contribution in [0.5, 0.6) is 0 Å². The Morgan fingerprint density at radius 1 is 0.452 bits per heavy atom. The van der Waals surface area contributed by atoms with Crippen molar-refractivity contribution >= 4 is 23.9 Å². The summed E-state index contributed by atoms with van der Waals surface area (Å²) in [5.74, 6) is -3.11. The zero-order valence-corrected chi connectivity index (χ0v) is 46.6. The number of aliphatic carboxylic acids is 1. The van der Waals surface area contributed by atoms with E-state index >= 15 is 0 Å². The maximum Gasteiger partial charge on any atom is 0.335 e. The Kier molecular flexibility index (Phi) is 46.4. The van der Waals surface area contributed by atoms with Gasteiger partial charge in [0.2, 0.25) is 0 Å². The number of aliphatic hydroxyl groups is 2. The van der Waals surface area contributed by atoms with Crippen LogP contribution in [0.3, 0.4) is 0 Å². The van der Waals surface area contributed by atoms with E-state index in [1.807, 2.05) is 0 Å². The number of esters is 3. The van der Waals surface area contributed by atoms with Gasteiger partial charge in [-0.15, -0.1) is 0 Å². The zero-order valence-electron chi connectivity index (χ0n) is 46.6. The van der Waals surface area contributed by atoms with Crippen LogP contribution in [-0.4, -0.2) is 89.2 Å². The lowest BCUT2D eigenvalue weighted by Crippen LogP contribution is -2.61. The Morgan fingerprint density at radius 2 is 0.836 bits per heavy atom. The molecule has 0 bridgehead atoms. The van der Waals surface area contributed by atoms with E-state index in [1.54, 1.807) is 0 Å². The Bertz CT molecular complexity index is 1410. The molecule has 12 nitrogen and oxygen atoms in total. The third-order valence-electron chi connectivity index (χ3n) is 13.7. The number of carbonyl (C=O) groups excluding carboxylic acids is 3. The number of carbonyl (C=O) groups is 4. The molecule has 6 atom stereocenters. The molecule has 0 aromatic carbocycles. The Labute approximate surface area is 444 Å². The third-order valence-corrected chi connectivity index (χ3v) is 13.7. The van der Waals surface area contributed by atoms with E-state index in [0.29, 0.717) is 19.3 Å². The van der Waals surface area contributed by atoms with Gasteiger partial charge in [-0.1, -0.05) is 224 Å². The highest BCUT2D eigenvalue weighted by Gasteiger charge is 2.50. The lowest BCUT2D eigenvalue weighted by Gasteiger charge is -2.40. The van der Waals surface area contributed by atoms with Gasteiger partial charge in [0.25, 0.3) is 0 Å². The molecule has 1 aliphatic heterocycles. The van der Waals surface area contributed by atoms with E-state index in [2.05, 4.69) is 57.2 Å². The number of allylic oxidation sites excluding steroid dienone is 6. The fraction of sp³-hybridized carbons (Fsp3) is 0.836. The number of hydrogen-bond acceptors (Lipinski definition) is 11. The van der Waals surface area contributed by atoms with Crippen molar-refractivity contribution in [3.63, 3.8) is 0 Å². The summed E-state index contributed by atoms with van der Waals surface area (Å²) in [4.78, 5) is 51.0. The number of hydrogen-bond donors (Lipinski definition) is 3. The molecule has 73 heavy (non-hydrogen) atoms. The van der Waals surface area contributed by atoms with Gasteiger partial charge in [0.05, 0.1) is 6.61 Å². The number of ether oxygens (including phenoxy) is 5. The van der Waals surface area contributed by atoms with E-state index in [1.165, 1.54) is 122 Å². The van der Waals surface area contributed by atoms with Crippen LogP contribution in [-0.2, 0) is 42.9 Å². The predicted molar refractivity (Wildman–Crippen MR) is 294 cm³/mol. The van der Waals surface area contributed by atoms with Crippen LogP contribution in [0.1, 0.15) is 278 Å². The van der Waals surface area contributed by atoms with Crippen molar-refractivity contribution in [3.05, 3.63) is 36.5 Å². The second-order valence-corrected chi connectivity index (χ2v) is 20.6. The van der Waals surface area contributed by atoms with Crippen LogP contribution >= 0.6 is 0 Å². The average molecular weight is 1030 g/mol. The second kappa shape index (κ2) is 49.8. The molecule has 0 spiro atoms. The number of carboxylic acids is 1.